The van der Waals surface area contributed by atoms with E-state index in [0.717, 1.165) is 12.1 Å². The summed E-state index contributed by atoms with van der Waals surface area (Å²) < 4.78 is 46.1. The van der Waals surface area contributed by atoms with Gasteiger partial charge in [0, 0.05) is 18.6 Å². The summed E-state index contributed by atoms with van der Waals surface area (Å²) in [5.41, 5.74) is 0.286. The molecule has 0 saturated carbocycles. The third kappa shape index (κ3) is 3.29. The Morgan fingerprint density at radius 1 is 1.05 bits per heavy atom. The van der Waals surface area contributed by atoms with Crippen LogP contribution in [0.4, 0.5) is 13.2 Å². The highest BCUT2D eigenvalue weighted by atomic mass is 19.1. The number of benzene rings is 2. The third-order valence-corrected chi connectivity index (χ3v) is 3.49. The van der Waals surface area contributed by atoms with Crippen molar-refractivity contribution in [1.82, 2.24) is 0 Å². The Labute approximate surface area is 126 Å². The van der Waals surface area contributed by atoms with E-state index in [1.54, 1.807) is 0 Å². The zero-order valence-corrected chi connectivity index (χ0v) is 11.9. The quantitative estimate of drug-likeness (QED) is 0.831. The molecular formula is C17H14F3NO. The maximum absolute atomic E-state index is 14.0. The van der Waals surface area contributed by atoms with Crippen molar-refractivity contribution in [2.75, 3.05) is 13.7 Å². The highest BCUT2D eigenvalue weighted by Gasteiger charge is 2.29. The second-order valence-corrected chi connectivity index (χ2v) is 4.86. The monoisotopic (exact) mass is 305 g/mol. The molecule has 0 bridgehead atoms. The van der Waals surface area contributed by atoms with E-state index in [0.29, 0.717) is 5.56 Å². The van der Waals surface area contributed by atoms with E-state index in [9.17, 15) is 18.4 Å². The predicted octanol–water partition coefficient (Wildman–Crippen LogP) is 4.14. The van der Waals surface area contributed by atoms with Crippen LogP contribution in [0.2, 0.25) is 0 Å². The van der Waals surface area contributed by atoms with Gasteiger partial charge >= 0.3 is 0 Å². The van der Waals surface area contributed by atoms with Gasteiger partial charge in [0.05, 0.1) is 18.6 Å². The first-order valence-corrected chi connectivity index (χ1v) is 6.66. The number of hydrogen-bond donors (Lipinski definition) is 0. The Morgan fingerprint density at radius 3 is 2.14 bits per heavy atom. The molecule has 2 unspecified atom stereocenters. The molecule has 0 fully saturated rings. The molecule has 0 amide bonds. The second kappa shape index (κ2) is 7.10. The third-order valence-electron chi connectivity index (χ3n) is 3.49. The van der Waals surface area contributed by atoms with Gasteiger partial charge in [-0.1, -0.05) is 18.2 Å². The average molecular weight is 305 g/mol. The average Bonchev–Trinajstić information content (AvgIpc) is 2.49. The second-order valence-electron chi connectivity index (χ2n) is 4.86. The van der Waals surface area contributed by atoms with E-state index >= 15 is 0 Å². The number of ether oxygens (including phenoxy) is 1. The van der Waals surface area contributed by atoms with Crippen molar-refractivity contribution in [1.29, 1.82) is 5.26 Å². The molecule has 0 radical (unpaired) electrons. The Balaban J connectivity index is 2.50. The number of halogens is 3. The Morgan fingerprint density at radius 2 is 1.64 bits per heavy atom. The molecule has 2 nitrogen and oxygen atoms in total. The molecule has 2 atom stereocenters. The lowest BCUT2D eigenvalue weighted by molar-refractivity contribution is 0.171. The number of nitriles is 1. The fraction of sp³-hybridized carbons (Fsp3) is 0.235. The first-order chi connectivity index (χ1) is 10.6. The van der Waals surface area contributed by atoms with Crippen LogP contribution >= 0.6 is 0 Å². The summed E-state index contributed by atoms with van der Waals surface area (Å²) in [6, 6.07) is 10.9. The lowest BCUT2D eigenvalue weighted by Crippen LogP contribution is -2.18. The molecule has 5 heteroatoms. The van der Waals surface area contributed by atoms with Crippen molar-refractivity contribution >= 4 is 0 Å². The van der Waals surface area contributed by atoms with Crippen molar-refractivity contribution in [3.8, 4) is 6.07 Å². The van der Waals surface area contributed by atoms with Crippen LogP contribution in [0.15, 0.2) is 42.5 Å². The van der Waals surface area contributed by atoms with E-state index < -0.39 is 29.3 Å². The molecule has 0 saturated heterocycles. The van der Waals surface area contributed by atoms with Gasteiger partial charge < -0.3 is 4.74 Å². The minimum atomic E-state index is -0.855. The molecule has 2 rings (SSSR count). The number of nitrogens with zero attached hydrogens (tertiary/aromatic N) is 1. The van der Waals surface area contributed by atoms with Gasteiger partial charge in [-0.2, -0.15) is 5.26 Å². The van der Waals surface area contributed by atoms with Crippen LogP contribution in [0.1, 0.15) is 23.0 Å². The Bertz CT molecular complexity index is 659. The van der Waals surface area contributed by atoms with Gasteiger partial charge in [-0.3, -0.25) is 0 Å². The maximum atomic E-state index is 14.0. The molecule has 0 spiro atoms. The van der Waals surface area contributed by atoms with Gasteiger partial charge in [0.15, 0.2) is 0 Å². The molecule has 0 N–H and O–H groups in total. The van der Waals surface area contributed by atoms with Gasteiger partial charge in [-0.05, 0) is 29.8 Å². The van der Waals surface area contributed by atoms with E-state index in [2.05, 4.69) is 0 Å². The summed E-state index contributed by atoms with van der Waals surface area (Å²) in [6.07, 6.45) is 0. The fourth-order valence-electron chi connectivity index (χ4n) is 2.46. The van der Waals surface area contributed by atoms with E-state index in [-0.39, 0.29) is 12.2 Å². The predicted molar refractivity (Wildman–Crippen MR) is 75.7 cm³/mol. The minimum absolute atomic E-state index is 0.0343. The standard InChI is InChI=1S/C17H14F3NO/c1-22-10-14(17-15(19)3-2-4-16(17)20)13(9-21)11-5-7-12(18)8-6-11/h2-8,13-14H,10H2,1H3. The van der Waals surface area contributed by atoms with E-state index in [1.807, 2.05) is 6.07 Å². The van der Waals surface area contributed by atoms with Crippen LogP contribution < -0.4 is 0 Å². The molecule has 0 heterocycles. The molecule has 0 aliphatic rings. The summed E-state index contributed by atoms with van der Waals surface area (Å²) in [6.45, 7) is -0.0343. The zero-order chi connectivity index (χ0) is 16.1. The van der Waals surface area contributed by atoms with Gasteiger partial charge in [0.1, 0.15) is 17.5 Å². The van der Waals surface area contributed by atoms with Crippen LogP contribution in [-0.4, -0.2) is 13.7 Å². The highest BCUT2D eigenvalue weighted by Crippen LogP contribution is 2.35. The lowest BCUT2D eigenvalue weighted by atomic mass is 9.82. The molecule has 2 aromatic carbocycles. The summed E-state index contributed by atoms with van der Waals surface area (Å²) in [5.74, 6) is -3.59. The Hall–Kier alpha value is -2.32. The van der Waals surface area contributed by atoms with Crippen LogP contribution in [-0.2, 0) is 4.74 Å². The SMILES string of the molecule is COCC(c1c(F)cccc1F)C(C#N)c1ccc(F)cc1. The fourth-order valence-corrected chi connectivity index (χ4v) is 2.46. The van der Waals surface area contributed by atoms with Gasteiger partial charge in [0.25, 0.3) is 0 Å². The highest BCUT2D eigenvalue weighted by molar-refractivity contribution is 5.34. The number of methoxy groups -OCH3 is 1. The summed E-state index contributed by atoms with van der Waals surface area (Å²) in [7, 11) is 1.39. The van der Waals surface area contributed by atoms with Crippen LogP contribution in [0.25, 0.3) is 0 Å². The summed E-state index contributed by atoms with van der Waals surface area (Å²) >= 11 is 0. The van der Waals surface area contributed by atoms with Crippen molar-refractivity contribution in [2.45, 2.75) is 11.8 Å². The normalized spacial score (nSPS) is 13.4. The molecular weight excluding hydrogens is 291 g/mol. The lowest BCUT2D eigenvalue weighted by Gasteiger charge is -2.23. The van der Waals surface area contributed by atoms with Crippen molar-refractivity contribution < 1.29 is 17.9 Å². The van der Waals surface area contributed by atoms with Crippen molar-refractivity contribution in [3.05, 3.63) is 71.0 Å². The first-order valence-electron chi connectivity index (χ1n) is 6.66. The van der Waals surface area contributed by atoms with Crippen molar-refractivity contribution in [2.24, 2.45) is 0 Å². The molecule has 0 aliphatic heterocycles. The van der Waals surface area contributed by atoms with Crippen LogP contribution in [0.5, 0.6) is 0 Å². The van der Waals surface area contributed by atoms with Crippen LogP contribution in [0.3, 0.4) is 0 Å². The molecule has 22 heavy (non-hydrogen) atoms. The minimum Gasteiger partial charge on any atom is -0.384 e. The summed E-state index contributed by atoms with van der Waals surface area (Å²) in [5, 5.41) is 9.44. The molecule has 2 aromatic rings. The molecule has 0 aliphatic carbocycles. The Kier molecular flexibility index (Phi) is 5.18. The number of hydrogen-bond acceptors (Lipinski definition) is 2. The van der Waals surface area contributed by atoms with Gasteiger partial charge in [-0.15, -0.1) is 0 Å². The van der Waals surface area contributed by atoms with Crippen LogP contribution in [0, 0.1) is 28.8 Å². The number of rotatable bonds is 5. The first kappa shape index (κ1) is 16.1. The molecule has 114 valence electrons. The summed E-state index contributed by atoms with van der Waals surface area (Å²) in [4.78, 5) is 0. The van der Waals surface area contributed by atoms with Crippen molar-refractivity contribution in [3.63, 3.8) is 0 Å². The topological polar surface area (TPSA) is 33.0 Å². The van der Waals surface area contributed by atoms with Gasteiger partial charge in [-0.25, -0.2) is 13.2 Å². The largest absolute Gasteiger partial charge is 0.384 e. The smallest absolute Gasteiger partial charge is 0.129 e. The zero-order valence-electron chi connectivity index (χ0n) is 11.9. The van der Waals surface area contributed by atoms with E-state index in [1.165, 1.54) is 37.4 Å². The van der Waals surface area contributed by atoms with E-state index in [4.69, 9.17) is 4.74 Å². The molecule has 0 aromatic heterocycles. The maximum Gasteiger partial charge on any atom is 0.129 e. The van der Waals surface area contributed by atoms with Gasteiger partial charge in [0.2, 0.25) is 0 Å².